The van der Waals surface area contributed by atoms with Gasteiger partial charge in [0.25, 0.3) is 0 Å². The van der Waals surface area contributed by atoms with Gasteiger partial charge in [0, 0.05) is 11.6 Å². The molecule has 0 amide bonds. The summed E-state index contributed by atoms with van der Waals surface area (Å²) in [6, 6.07) is 2.54. The Morgan fingerprint density at radius 1 is 1.39 bits per heavy atom. The van der Waals surface area contributed by atoms with E-state index in [2.05, 4.69) is 15.9 Å². The lowest BCUT2D eigenvalue weighted by Gasteiger charge is -2.31. The second-order valence-electron chi connectivity index (χ2n) is 6.93. The first-order valence-electron chi connectivity index (χ1n) is 7.58. The molecule has 0 saturated carbocycles. The molecular formula is C17H22BrFO4. The number of carbonyl (C=O) groups excluding carboxylic acids is 1. The first-order chi connectivity index (χ1) is 10.6. The van der Waals surface area contributed by atoms with E-state index in [0.717, 1.165) is 0 Å². The van der Waals surface area contributed by atoms with Gasteiger partial charge in [-0.25, -0.2) is 4.39 Å². The van der Waals surface area contributed by atoms with E-state index in [1.807, 2.05) is 13.8 Å². The van der Waals surface area contributed by atoms with E-state index in [1.54, 1.807) is 20.8 Å². The van der Waals surface area contributed by atoms with Gasteiger partial charge >= 0.3 is 5.97 Å². The Morgan fingerprint density at radius 2 is 2.04 bits per heavy atom. The summed E-state index contributed by atoms with van der Waals surface area (Å²) in [7, 11) is 0. The summed E-state index contributed by atoms with van der Waals surface area (Å²) in [5.41, 5.74) is -0.256. The maximum Gasteiger partial charge on any atom is 0.324 e. The minimum absolute atomic E-state index is 0.148. The Kier molecular flexibility index (Phi) is 5.23. The smallest absolute Gasteiger partial charge is 0.324 e. The Morgan fingerprint density at radius 3 is 2.61 bits per heavy atom. The minimum atomic E-state index is -0.833. The fourth-order valence-corrected chi connectivity index (χ4v) is 2.61. The third-order valence-corrected chi connectivity index (χ3v) is 4.22. The number of hydrogen-bond donors (Lipinski definition) is 0. The van der Waals surface area contributed by atoms with Crippen molar-refractivity contribution in [3.8, 4) is 11.5 Å². The predicted molar refractivity (Wildman–Crippen MR) is 88.7 cm³/mol. The zero-order valence-corrected chi connectivity index (χ0v) is 15.6. The molecule has 0 fully saturated rings. The largest absolute Gasteiger partial charge is 0.486 e. The molecule has 4 nitrogen and oxygen atoms in total. The van der Waals surface area contributed by atoms with E-state index in [0.29, 0.717) is 23.7 Å². The molecule has 1 aromatic rings. The van der Waals surface area contributed by atoms with E-state index in [9.17, 15) is 9.18 Å². The quantitative estimate of drug-likeness (QED) is 0.568. The number of alkyl halides is 1. The summed E-state index contributed by atoms with van der Waals surface area (Å²) in [6.07, 6.45) is -0.148. The lowest BCUT2D eigenvalue weighted by molar-refractivity contribution is -0.154. The molecule has 2 unspecified atom stereocenters. The standard InChI is InChI=1S/C17H22BrFO4/c1-9(2)13-8-21-12-7-10(19)6-11(15(12)22-13)14(18)16(20)23-17(3,4)5/h6-7,9,13-14H,8H2,1-5H3. The van der Waals surface area contributed by atoms with Crippen molar-refractivity contribution in [3.05, 3.63) is 23.5 Å². The molecule has 6 heteroatoms. The first kappa shape index (κ1) is 18.0. The summed E-state index contributed by atoms with van der Waals surface area (Å²) < 4.78 is 30.8. The predicted octanol–water partition coefficient (Wildman–Crippen LogP) is 4.40. The molecular weight excluding hydrogens is 367 g/mol. The van der Waals surface area contributed by atoms with Crippen LogP contribution in [0.1, 0.15) is 45.0 Å². The average Bonchev–Trinajstić information content (AvgIpc) is 2.43. The SMILES string of the molecule is CC(C)C1COc2cc(F)cc(C(Br)C(=O)OC(C)(C)C)c2O1. The topological polar surface area (TPSA) is 44.8 Å². The third kappa shape index (κ3) is 4.37. The fraction of sp³-hybridized carbons (Fsp3) is 0.588. The van der Waals surface area contributed by atoms with Crippen molar-refractivity contribution in [1.29, 1.82) is 0 Å². The van der Waals surface area contributed by atoms with Crippen molar-refractivity contribution in [3.63, 3.8) is 0 Å². The van der Waals surface area contributed by atoms with Crippen LogP contribution in [0.4, 0.5) is 4.39 Å². The number of carbonyl (C=O) groups is 1. The third-order valence-electron chi connectivity index (χ3n) is 3.35. The average molecular weight is 389 g/mol. The van der Waals surface area contributed by atoms with E-state index >= 15 is 0 Å². The van der Waals surface area contributed by atoms with E-state index in [1.165, 1.54) is 12.1 Å². The number of hydrogen-bond acceptors (Lipinski definition) is 4. The zero-order valence-electron chi connectivity index (χ0n) is 14.0. The highest BCUT2D eigenvalue weighted by Gasteiger charge is 2.33. The number of benzene rings is 1. The molecule has 23 heavy (non-hydrogen) atoms. The summed E-state index contributed by atoms with van der Waals surface area (Å²) in [5.74, 6) is -0.0516. The van der Waals surface area contributed by atoms with Gasteiger partial charge < -0.3 is 14.2 Å². The molecule has 0 bridgehead atoms. The van der Waals surface area contributed by atoms with Crippen molar-refractivity contribution in [2.45, 2.75) is 51.2 Å². The molecule has 2 rings (SSSR count). The summed E-state index contributed by atoms with van der Waals surface area (Å²) in [6.45, 7) is 9.72. The number of esters is 1. The molecule has 2 atom stereocenters. The monoisotopic (exact) mass is 388 g/mol. The molecule has 1 heterocycles. The molecule has 0 saturated heterocycles. The van der Waals surface area contributed by atoms with Crippen LogP contribution in [0, 0.1) is 11.7 Å². The zero-order chi connectivity index (χ0) is 17.4. The lowest BCUT2D eigenvalue weighted by atomic mass is 10.0. The number of halogens is 2. The van der Waals surface area contributed by atoms with E-state index in [4.69, 9.17) is 14.2 Å². The van der Waals surface area contributed by atoms with Crippen molar-refractivity contribution < 1.29 is 23.4 Å². The van der Waals surface area contributed by atoms with Crippen LogP contribution in [0.15, 0.2) is 12.1 Å². The van der Waals surface area contributed by atoms with Gasteiger partial charge in [0.05, 0.1) is 0 Å². The van der Waals surface area contributed by atoms with Crippen molar-refractivity contribution in [2.24, 2.45) is 5.92 Å². The second-order valence-corrected chi connectivity index (χ2v) is 7.85. The molecule has 0 spiro atoms. The fourth-order valence-electron chi connectivity index (χ4n) is 2.18. The second kappa shape index (κ2) is 6.67. The Balaban J connectivity index is 2.35. The van der Waals surface area contributed by atoms with Gasteiger partial charge in [-0.15, -0.1) is 0 Å². The minimum Gasteiger partial charge on any atom is -0.486 e. The van der Waals surface area contributed by atoms with Crippen LogP contribution in [0.25, 0.3) is 0 Å². The van der Waals surface area contributed by atoms with Gasteiger partial charge in [0.15, 0.2) is 11.5 Å². The number of fused-ring (bicyclic) bond motifs is 1. The molecule has 0 radical (unpaired) electrons. The highest BCUT2D eigenvalue weighted by atomic mass is 79.9. The normalized spacial score (nSPS) is 18.7. The van der Waals surface area contributed by atoms with Gasteiger partial charge in [-0.05, 0) is 32.8 Å². The van der Waals surface area contributed by atoms with Crippen LogP contribution in [0.5, 0.6) is 11.5 Å². The summed E-state index contributed by atoms with van der Waals surface area (Å²) in [5, 5.41) is 0. The van der Waals surface area contributed by atoms with Crippen LogP contribution >= 0.6 is 15.9 Å². The highest BCUT2D eigenvalue weighted by molar-refractivity contribution is 9.09. The number of ether oxygens (including phenoxy) is 3. The molecule has 0 aromatic heterocycles. The van der Waals surface area contributed by atoms with Gasteiger partial charge in [0.2, 0.25) is 0 Å². The number of rotatable bonds is 3. The maximum absolute atomic E-state index is 13.9. The van der Waals surface area contributed by atoms with Gasteiger partial charge in [-0.2, -0.15) is 0 Å². The maximum atomic E-state index is 13.9. The first-order valence-corrected chi connectivity index (χ1v) is 8.50. The molecule has 1 aromatic carbocycles. The van der Waals surface area contributed by atoms with E-state index in [-0.39, 0.29) is 12.0 Å². The highest BCUT2D eigenvalue weighted by Crippen LogP contribution is 2.43. The Bertz CT molecular complexity index is 595. The van der Waals surface area contributed by atoms with Crippen LogP contribution in [0.2, 0.25) is 0 Å². The van der Waals surface area contributed by atoms with Gasteiger partial charge in [0.1, 0.15) is 29.0 Å². The van der Waals surface area contributed by atoms with Crippen LogP contribution in [0.3, 0.4) is 0 Å². The Labute approximate surface area is 144 Å². The van der Waals surface area contributed by atoms with Crippen LogP contribution in [-0.2, 0) is 9.53 Å². The van der Waals surface area contributed by atoms with Crippen molar-refractivity contribution in [1.82, 2.24) is 0 Å². The molecule has 128 valence electrons. The molecule has 1 aliphatic heterocycles. The Hall–Kier alpha value is -1.30. The van der Waals surface area contributed by atoms with E-state index < -0.39 is 22.2 Å². The van der Waals surface area contributed by atoms with Crippen LogP contribution < -0.4 is 9.47 Å². The van der Waals surface area contributed by atoms with Crippen molar-refractivity contribution in [2.75, 3.05) is 6.61 Å². The summed E-state index contributed by atoms with van der Waals surface area (Å²) in [4.78, 5) is 11.5. The van der Waals surface area contributed by atoms with Crippen molar-refractivity contribution >= 4 is 21.9 Å². The van der Waals surface area contributed by atoms with Crippen LogP contribution in [-0.4, -0.2) is 24.3 Å². The molecule has 0 N–H and O–H groups in total. The summed E-state index contributed by atoms with van der Waals surface area (Å²) >= 11 is 3.30. The van der Waals surface area contributed by atoms with Gasteiger partial charge in [-0.1, -0.05) is 29.8 Å². The molecule has 1 aliphatic rings. The lowest BCUT2D eigenvalue weighted by Crippen LogP contribution is -2.34. The molecule has 0 aliphatic carbocycles. The van der Waals surface area contributed by atoms with Gasteiger partial charge in [-0.3, -0.25) is 4.79 Å².